The number of carbonyl (C=O) groups is 1. The number of rotatable bonds is 4. The molecule has 0 fully saturated rings. The van der Waals surface area contributed by atoms with Crippen LogP contribution in [0.3, 0.4) is 0 Å². The predicted molar refractivity (Wildman–Crippen MR) is 105 cm³/mol. The zero-order valence-electron chi connectivity index (χ0n) is 16.4. The molecule has 9 nitrogen and oxygen atoms in total. The van der Waals surface area contributed by atoms with Crippen LogP contribution < -0.4 is 15.8 Å². The van der Waals surface area contributed by atoms with E-state index >= 15 is 0 Å². The molecular formula is C20H20FN5O4. The summed E-state index contributed by atoms with van der Waals surface area (Å²) in [4.78, 5) is 35.6. The summed E-state index contributed by atoms with van der Waals surface area (Å²) in [5.41, 5.74) is -1.19. The predicted octanol–water partition coefficient (Wildman–Crippen LogP) is 1.76. The van der Waals surface area contributed by atoms with Crippen LogP contribution in [0.2, 0.25) is 0 Å². The smallest absolute Gasteiger partial charge is 0.296 e. The monoisotopic (exact) mass is 413 g/mol. The first-order valence-electron chi connectivity index (χ1n) is 9.32. The lowest BCUT2D eigenvalue weighted by Gasteiger charge is -2.42. The van der Waals surface area contributed by atoms with Crippen LogP contribution in [0.1, 0.15) is 35.7 Å². The molecule has 0 atom stereocenters. The second-order valence-electron chi connectivity index (χ2n) is 7.45. The Morgan fingerprint density at radius 2 is 2.03 bits per heavy atom. The van der Waals surface area contributed by atoms with Gasteiger partial charge in [0.15, 0.2) is 12.1 Å². The number of hydrogen-bond donors (Lipinski definition) is 2. The summed E-state index contributed by atoms with van der Waals surface area (Å²) >= 11 is 0. The van der Waals surface area contributed by atoms with Crippen LogP contribution in [0.15, 0.2) is 46.1 Å². The maximum Gasteiger partial charge on any atom is 0.296 e. The maximum absolute atomic E-state index is 13.0. The first kappa shape index (κ1) is 19.6. The van der Waals surface area contributed by atoms with Crippen molar-refractivity contribution < 1.29 is 18.7 Å². The lowest BCUT2D eigenvalue weighted by molar-refractivity contribution is 0.0941. The van der Waals surface area contributed by atoms with Crippen molar-refractivity contribution in [2.45, 2.75) is 32.5 Å². The van der Waals surface area contributed by atoms with Crippen LogP contribution in [0.4, 0.5) is 10.3 Å². The summed E-state index contributed by atoms with van der Waals surface area (Å²) in [5, 5.41) is 12.9. The van der Waals surface area contributed by atoms with Gasteiger partial charge >= 0.3 is 0 Å². The Morgan fingerprint density at radius 3 is 2.70 bits per heavy atom. The molecule has 1 aliphatic heterocycles. The molecule has 1 aromatic carbocycles. The summed E-state index contributed by atoms with van der Waals surface area (Å²) in [7, 11) is 0. The topological polar surface area (TPSA) is 113 Å². The fourth-order valence-corrected chi connectivity index (χ4v) is 3.57. The van der Waals surface area contributed by atoms with E-state index in [1.54, 1.807) is 6.20 Å². The van der Waals surface area contributed by atoms with E-state index in [4.69, 9.17) is 4.42 Å². The van der Waals surface area contributed by atoms with Gasteiger partial charge in [0.05, 0.1) is 11.7 Å². The number of benzene rings is 1. The van der Waals surface area contributed by atoms with Crippen molar-refractivity contribution in [1.82, 2.24) is 19.9 Å². The van der Waals surface area contributed by atoms with Crippen molar-refractivity contribution in [3.63, 3.8) is 0 Å². The molecule has 1 aliphatic rings. The molecule has 0 bridgehead atoms. The molecule has 0 saturated carbocycles. The number of halogens is 1. The van der Waals surface area contributed by atoms with Crippen LogP contribution in [0.5, 0.6) is 5.75 Å². The summed E-state index contributed by atoms with van der Waals surface area (Å²) in [6.07, 6.45) is 2.87. The Labute approximate surface area is 170 Å². The minimum absolute atomic E-state index is 0.0895. The molecule has 3 heterocycles. The maximum atomic E-state index is 13.0. The van der Waals surface area contributed by atoms with Crippen LogP contribution in [0.25, 0.3) is 0 Å². The molecule has 3 aromatic rings. The number of aromatic nitrogens is 3. The van der Waals surface area contributed by atoms with E-state index in [0.29, 0.717) is 23.8 Å². The number of hydrogen-bond acceptors (Lipinski definition) is 7. The number of oxazole rings is 1. The lowest BCUT2D eigenvalue weighted by Crippen LogP contribution is -2.53. The van der Waals surface area contributed by atoms with E-state index in [0.717, 1.165) is 0 Å². The van der Waals surface area contributed by atoms with E-state index < -0.39 is 22.8 Å². The Balaban J connectivity index is 1.66. The quantitative estimate of drug-likeness (QED) is 0.670. The fourth-order valence-electron chi connectivity index (χ4n) is 3.57. The number of nitrogens with one attached hydrogen (secondary N) is 1. The van der Waals surface area contributed by atoms with Crippen LogP contribution in [0, 0.1) is 5.82 Å². The lowest BCUT2D eigenvalue weighted by atomic mass is 9.98. The van der Waals surface area contributed by atoms with Crippen molar-refractivity contribution in [2.24, 2.45) is 0 Å². The van der Waals surface area contributed by atoms with Gasteiger partial charge in [0.1, 0.15) is 11.6 Å². The van der Waals surface area contributed by atoms with Crippen molar-refractivity contribution in [3.8, 4) is 5.75 Å². The summed E-state index contributed by atoms with van der Waals surface area (Å²) in [6.45, 7) is 4.46. The summed E-state index contributed by atoms with van der Waals surface area (Å²) < 4.78 is 19.8. The number of fused-ring (bicyclic) bond motifs is 1. The molecule has 0 spiro atoms. The summed E-state index contributed by atoms with van der Waals surface area (Å²) in [5.74, 6) is -0.967. The summed E-state index contributed by atoms with van der Waals surface area (Å²) in [6, 6.07) is 5.62. The molecule has 2 N–H and O–H groups in total. The van der Waals surface area contributed by atoms with Gasteiger partial charge in [-0.1, -0.05) is 12.1 Å². The number of nitrogens with zero attached hydrogens (tertiary/aromatic N) is 4. The average Bonchev–Trinajstić information content (AvgIpc) is 3.24. The van der Waals surface area contributed by atoms with Gasteiger partial charge in [0.25, 0.3) is 11.5 Å². The minimum atomic E-state index is -0.809. The first-order valence-corrected chi connectivity index (χ1v) is 9.32. The van der Waals surface area contributed by atoms with E-state index in [1.807, 2.05) is 18.7 Å². The molecule has 1 amide bonds. The highest BCUT2D eigenvalue weighted by atomic mass is 19.1. The Bertz CT molecular complexity index is 1140. The molecule has 0 unspecified atom stereocenters. The third-order valence-corrected chi connectivity index (χ3v) is 5.18. The van der Waals surface area contributed by atoms with E-state index in [9.17, 15) is 19.1 Å². The normalized spacial score (nSPS) is 15.0. The van der Waals surface area contributed by atoms with Gasteiger partial charge in [0, 0.05) is 19.6 Å². The van der Waals surface area contributed by atoms with Gasteiger partial charge in [-0.3, -0.25) is 14.2 Å². The third-order valence-electron chi connectivity index (χ3n) is 5.18. The number of anilines is 1. The van der Waals surface area contributed by atoms with Gasteiger partial charge < -0.3 is 19.7 Å². The Morgan fingerprint density at radius 1 is 1.30 bits per heavy atom. The van der Waals surface area contributed by atoms with Crippen molar-refractivity contribution in [2.75, 3.05) is 11.4 Å². The molecule has 156 valence electrons. The fraction of sp³-hybridized carbons (Fsp3) is 0.300. The average molecular weight is 413 g/mol. The van der Waals surface area contributed by atoms with Crippen molar-refractivity contribution in [3.05, 3.63) is 70.1 Å². The van der Waals surface area contributed by atoms with Gasteiger partial charge in [-0.15, -0.1) is 0 Å². The van der Waals surface area contributed by atoms with Gasteiger partial charge in [-0.05, 0) is 31.5 Å². The molecule has 0 aliphatic carbocycles. The molecule has 30 heavy (non-hydrogen) atoms. The zero-order chi connectivity index (χ0) is 21.5. The SMILES string of the molecule is CC1(C)c2nc(C(=O)NCc3ccc(F)cc3)c(O)c(=O)n2CCN1c1cnco1. The van der Waals surface area contributed by atoms with Crippen LogP contribution in [-0.2, 0) is 18.6 Å². The van der Waals surface area contributed by atoms with Gasteiger partial charge in [0.2, 0.25) is 11.6 Å². The minimum Gasteiger partial charge on any atom is -0.501 e. The highest BCUT2D eigenvalue weighted by Crippen LogP contribution is 2.34. The first-order chi connectivity index (χ1) is 14.3. The number of carbonyl (C=O) groups excluding carboxylic acids is 1. The molecular weight excluding hydrogens is 393 g/mol. The second-order valence-corrected chi connectivity index (χ2v) is 7.45. The molecule has 10 heteroatoms. The van der Waals surface area contributed by atoms with E-state index in [-0.39, 0.29) is 24.6 Å². The van der Waals surface area contributed by atoms with Gasteiger partial charge in [-0.25, -0.2) is 14.4 Å². The molecule has 0 radical (unpaired) electrons. The number of aromatic hydroxyl groups is 1. The largest absolute Gasteiger partial charge is 0.501 e. The van der Waals surface area contributed by atoms with E-state index in [1.165, 1.54) is 35.2 Å². The molecule has 2 aromatic heterocycles. The zero-order valence-corrected chi connectivity index (χ0v) is 16.4. The van der Waals surface area contributed by atoms with Gasteiger partial charge in [-0.2, -0.15) is 0 Å². The standard InChI is InChI=1S/C20H20FN5O4/c1-20(2)19-24-15(17(28)23-9-12-3-5-13(21)6-4-12)16(27)18(29)25(19)7-8-26(20)14-10-22-11-30-14/h3-6,10-11,27H,7-9H2,1-2H3,(H,23,28). The number of amides is 1. The highest BCUT2D eigenvalue weighted by molar-refractivity contribution is 5.94. The second kappa shape index (κ2) is 7.29. The van der Waals surface area contributed by atoms with Crippen LogP contribution >= 0.6 is 0 Å². The Kier molecular flexibility index (Phi) is 4.76. The van der Waals surface area contributed by atoms with Crippen molar-refractivity contribution in [1.29, 1.82) is 0 Å². The van der Waals surface area contributed by atoms with Crippen LogP contribution in [-0.4, -0.2) is 32.1 Å². The molecule has 4 rings (SSSR count). The molecule has 0 saturated heterocycles. The third kappa shape index (κ3) is 3.30. The highest BCUT2D eigenvalue weighted by Gasteiger charge is 2.40. The Hall–Kier alpha value is -3.69. The van der Waals surface area contributed by atoms with Crippen molar-refractivity contribution >= 4 is 11.8 Å². The van der Waals surface area contributed by atoms with E-state index in [2.05, 4.69) is 15.3 Å².